The maximum atomic E-state index is 12.0. The molecule has 0 spiro atoms. The molecule has 4 rings (SSSR count). The van der Waals surface area contributed by atoms with Gasteiger partial charge < -0.3 is 13.9 Å². The van der Waals surface area contributed by atoms with Crippen LogP contribution in [0.5, 0.6) is 11.5 Å². The molecule has 6 heteroatoms. The maximum Gasteiger partial charge on any atom is 0.234 e. The molecule has 2 amide bonds. The van der Waals surface area contributed by atoms with E-state index >= 15 is 0 Å². The first-order valence-electron chi connectivity index (χ1n) is 6.37. The summed E-state index contributed by atoms with van der Waals surface area (Å²) in [5.74, 6) is 0.331. The lowest BCUT2D eigenvalue weighted by atomic mass is 9.90. The van der Waals surface area contributed by atoms with Crippen molar-refractivity contribution in [1.82, 2.24) is 5.32 Å². The summed E-state index contributed by atoms with van der Waals surface area (Å²) >= 11 is 0. The molecule has 1 fully saturated rings. The Balaban J connectivity index is 1.86. The van der Waals surface area contributed by atoms with E-state index in [1.807, 2.05) is 0 Å². The monoisotopic (exact) mass is 273 g/mol. The number of hydrogen-bond donors (Lipinski definition) is 1. The van der Waals surface area contributed by atoms with Crippen LogP contribution < -0.4 is 14.8 Å². The molecule has 2 aromatic rings. The third kappa shape index (κ3) is 1.51. The molecule has 1 aromatic heterocycles. The number of fused-ring (bicyclic) bond motifs is 3. The third-order valence-electron chi connectivity index (χ3n) is 3.72. The van der Waals surface area contributed by atoms with Crippen molar-refractivity contribution >= 4 is 22.8 Å². The first-order chi connectivity index (χ1) is 9.74. The Labute approximate surface area is 113 Å². The molecule has 0 bridgehead atoms. The smallest absolute Gasteiger partial charge is 0.234 e. The quantitative estimate of drug-likeness (QED) is 0.800. The van der Waals surface area contributed by atoms with Gasteiger partial charge in [0.1, 0.15) is 5.58 Å². The number of benzene rings is 1. The molecule has 3 heterocycles. The Hall–Kier alpha value is -2.50. The summed E-state index contributed by atoms with van der Waals surface area (Å²) in [5.41, 5.74) is 1.39. The highest BCUT2D eigenvalue weighted by molar-refractivity contribution is 6.03. The highest BCUT2D eigenvalue weighted by atomic mass is 16.7. The van der Waals surface area contributed by atoms with Gasteiger partial charge in [0.15, 0.2) is 11.5 Å². The molecule has 20 heavy (non-hydrogen) atoms. The molecule has 2 aliphatic rings. The lowest BCUT2D eigenvalue weighted by Gasteiger charge is -2.20. The van der Waals surface area contributed by atoms with E-state index < -0.39 is 5.92 Å². The number of nitrogens with one attached hydrogen (secondary N) is 1. The molecular weight excluding hydrogens is 262 g/mol. The summed E-state index contributed by atoms with van der Waals surface area (Å²) < 4.78 is 16.3. The summed E-state index contributed by atoms with van der Waals surface area (Å²) in [6.45, 7) is 0.161. The highest BCUT2D eigenvalue weighted by Gasteiger charge is 2.32. The summed E-state index contributed by atoms with van der Waals surface area (Å²) in [4.78, 5) is 23.2. The van der Waals surface area contributed by atoms with E-state index in [0.29, 0.717) is 29.9 Å². The van der Waals surface area contributed by atoms with Crippen molar-refractivity contribution in [1.29, 1.82) is 0 Å². The molecule has 0 aliphatic carbocycles. The van der Waals surface area contributed by atoms with Crippen molar-refractivity contribution in [2.45, 2.75) is 18.8 Å². The third-order valence-corrected chi connectivity index (χ3v) is 3.72. The van der Waals surface area contributed by atoms with E-state index in [0.717, 1.165) is 10.9 Å². The van der Waals surface area contributed by atoms with Crippen molar-refractivity contribution in [3.05, 3.63) is 24.0 Å². The van der Waals surface area contributed by atoms with Crippen LogP contribution >= 0.6 is 0 Å². The second-order valence-corrected chi connectivity index (χ2v) is 4.87. The first-order valence-corrected chi connectivity index (χ1v) is 6.37. The molecule has 1 aromatic carbocycles. The number of imide groups is 1. The normalized spacial score (nSPS) is 21.3. The predicted molar refractivity (Wildman–Crippen MR) is 67.5 cm³/mol. The lowest BCUT2D eigenvalue weighted by Crippen LogP contribution is -2.39. The molecule has 6 nitrogen and oxygen atoms in total. The van der Waals surface area contributed by atoms with Crippen LogP contribution in [0.25, 0.3) is 11.0 Å². The minimum absolute atomic E-state index is 0.161. The van der Waals surface area contributed by atoms with Crippen LogP contribution in [0.1, 0.15) is 24.3 Å². The number of carbonyl (C=O) groups is 2. The van der Waals surface area contributed by atoms with Gasteiger partial charge >= 0.3 is 0 Å². The maximum absolute atomic E-state index is 12.0. The Kier molecular flexibility index (Phi) is 2.26. The summed E-state index contributed by atoms with van der Waals surface area (Å²) in [7, 11) is 0. The topological polar surface area (TPSA) is 77.8 Å². The van der Waals surface area contributed by atoms with E-state index in [4.69, 9.17) is 13.9 Å². The molecular formula is C14H11NO5. The number of amides is 2. The average molecular weight is 273 g/mol. The van der Waals surface area contributed by atoms with Gasteiger partial charge in [0, 0.05) is 12.0 Å². The number of ether oxygens (including phenoxy) is 2. The van der Waals surface area contributed by atoms with Gasteiger partial charge in [-0.2, -0.15) is 0 Å². The predicted octanol–water partition coefficient (Wildman–Crippen LogP) is 1.68. The van der Waals surface area contributed by atoms with Gasteiger partial charge in [-0.05, 0) is 18.6 Å². The van der Waals surface area contributed by atoms with E-state index in [-0.39, 0.29) is 18.6 Å². The zero-order valence-electron chi connectivity index (χ0n) is 10.5. The summed E-state index contributed by atoms with van der Waals surface area (Å²) in [6, 6.07) is 3.57. The van der Waals surface area contributed by atoms with Crippen LogP contribution in [0, 0.1) is 0 Å². The van der Waals surface area contributed by atoms with Crippen molar-refractivity contribution in [2.75, 3.05) is 6.79 Å². The van der Waals surface area contributed by atoms with Crippen LogP contribution in [0.15, 0.2) is 22.8 Å². The summed E-state index contributed by atoms with van der Waals surface area (Å²) in [6.07, 6.45) is 2.37. The Morgan fingerprint density at radius 2 is 2.10 bits per heavy atom. The van der Waals surface area contributed by atoms with Gasteiger partial charge in [0.2, 0.25) is 18.6 Å². The van der Waals surface area contributed by atoms with Crippen molar-refractivity contribution < 1.29 is 23.5 Å². The van der Waals surface area contributed by atoms with Gasteiger partial charge in [0.05, 0.1) is 17.6 Å². The van der Waals surface area contributed by atoms with Crippen molar-refractivity contribution in [2.24, 2.45) is 0 Å². The molecule has 1 saturated heterocycles. The second kappa shape index (κ2) is 4.00. The number of furan rings is 1. The second-order valence-electron chi connectivity index (χ2n) is 4.87. The number of rotatable bonds is 1. The van der Waals surface area contributed by atoms with Crippen LogP contribution in [0.3, 0.4) is 0 Å². The molecule has 0 radical (unpaired) electrons. The number of piperidine rings is 1. The fourth-order valence-corrected chi connectivity index (χ4v) is 2.76. The Bertz CT molecular complexity index is 732. The van der Waals surface area contributed by atoms with Gasteiger partial charge in [-0.25, -0.2) is 0 Å². The standard InChI is InChI=1S/C14H11NO5/c16-11-4-1-7(14(17)15-11)8-5-18-9-2-3-10-13(12(8)9)20-6-19-10/h2-3,5,7H,1,4,6H2,(H,15,16,17)/t7-/m1/s1. The lowest BCUT2D eigenvalue weighted by molar-refractivity contribution is -0.134. The number of carbonyl (C=O) groups excluding carboxylic acids is 2. The zero-order valence-corrected chi connectivity index (χ0v) is 10.5. The van der Waals surface area contributed by atoms with Crippen LogP contribution in [0.4, 0.5) is 0 Å². The van der Waals surface area contributed by atoms with Gasteiger partial charge in [-0.15, -0.1) is 0 Å². The minimum Gasteiger partial charge on any atom is -0.464 e. The van der Waals surface area contributed by atoms with Gasteiger partial charge in [0.25, 0.3) is 0 Å². The Morgan fingerprint density at radius 1 is 1.20 bits per heavy atom. The zero-order chi connectivity index (χ0) is 13.7. The molecule has 0 saturated carbocycles. The molecule has 2 aliphatic heterocycles. The summed E-state index contributed by atoms with van der Waals surface area (Å²) in [5, 5.41) is 3.12. The van der Waals surface area contributed by atoms with Gasteiger partial charge in [-0.3, -0.25) is 14.9 Å². The van der Waals surface area contributed by atoms with E-state index in [1.54, 1.807) is 18.4 Å². The average Bonchev–Trinajstić information content (AvgIpc) is 3.03. The fraction of sp³-hybridized carbons (Fsp3) is 0.286. The van der Waals surface area contributed by atoms with Gasteiger partial charge in [-0.1, -0.05) is 0 Å². The molecule has 1 N–H and O–H groups in total. The SMILES string of the molecule is O=C1CC[C@H](c2coc3ccc4c(c23)OCO4)C(=O)N1. The largest absolute Gasteiger partial charge is 0.464 e. The van der Waals surface area contributed by atoms with Crippen molar-refractivity contribution in [3.8, 4) is 11.5 Å². The van der Waals surface area contributed by atoms with Crippen LogP contribution in [-0.2, 0) is 9.59 Å². The van der Waals surface area contributed by atoms with Crippen LogP contribution in [-0.4, -0.2) is 18.6 Å². The van der Waals surface area contributed by atoms with E-state index in [2.05, 4.69) is 5.32 Å². The van der Waals surface area contributed by atoms with Crippen LogP contribution in [0.2, 0.25) is 0 Å². The first kappa shape index (κ1) is 11.3. The van der Waals surface area contributed by atoms with E-state index in [9.17, 15) is 9.59 Å². The molecule has 102 valence electrons. The molecule has 0 unspecified atom stereocenters. The Morgan fingerprint density at radius 3 is 2.95 bits per heavy atom. The minimum atomic E-state index is -0.398. The van der Waals surface area contributed by atoms with Crippen molar-refractivity contribution in [3.63, 3.8) is 0 Å². The number of hydrogen-bond acceptors (Lipinski definition) is 5. The highest BCUT2D eigenvalue weighted by Crippen LogP contribution is 2.44. The fourth-order valence-electron chi connectivity index (χ4n) is 2.76. The molecule has 1 atom stereocenters. The van der Waals surface area contributed by atoms with E-state index in [1.165, 1.54) is 0 Å².